The van der Waals surface area contributed by atoms with Gasteiger partial charge in [-0.3, -0.25) is 9.59 Å². The Hall–Kier alpha value is -1.98. The normalized spacial score (nSPS) is 16.5. The molecule has 0 spiro atoms. The van der Waals surface area contributed by atoms with Gasteiger partial charge in [-0.05, 0) is 31.9 Å². The Balaban J connectivity index is 2.03. The van der Waals surface area contributed by atoms with Gasteiger partial charge in [0.2, 0.25) is 0 Å². The summed E-state index contributed by atoms with van der Waals surface area (Å²) in [5.41, 5.74) is -0.125. The van der Waals surface area contributed by atoms with Gasteiger partial charge in [0.25, 0.3) is 5.91 Å². The fraction of sp³-hybridized carbons (Fsp3) is 0.467. The number of carbonyl (C=O) groups is 2. The van der Waals surface area contributed by atoms with Crippen molar-refractivity contribution in [2.45, 2.75) is 44.8 Å². The number of hydrogen-bond donors (Lipinski definition) is 1. The van der Waals surface area contributed by atoms with Crippen molar-refractivity contribution in [3.8, 4) is 5.75 Å². The van der Waals surface area contributed by atoms with Crippen LogP contribution in [0.5, 0.6) is 5.75 Å². The number of nitrogens with one attached hydrogen (secondary N) is 1. The molecule has 1 atom stereocenters. The van der Waals surface area contributed by atoms with Crippen LogP contribution in [-0.4, -0.2) is 24.3 Å². The summed E-state index contributed by atoms with van der Waals surface area (Å²) in [7, 11) is 0. The van der Waals surface area contributed by atoms with Gasteiger partial charge in [0.1, 0.15) is 6.29 Å². The Morgan fingerprint density at radius 1 is 1.33 bits per heavy atom. The van der Waals surface area contributed by atoms with Crippen LogP contribution in [0.25, 0.3) is 0 Å². The monoisotopic (exact) mass is 297 g/mol. The molecule has 6 heteroatoms. The fourth-order valence-electron chi connectivity index (χ4n) is 2.38. The molecule has 1 aromatic carbocycles. The first-order chi connectivity index (χ1) is 10.0. The second kappa shape index (κ2) is 6.65. The summed E-state index contributed by atoms with van der Waals surface area (Å²) in [6, 6.07) is 1.84. The maximum Gasteiger partial charge on any atom is 0.261 e. The van der Waals surface area contributed by atoms with Crippen LogP contribution in [0.2, 0.25) is 0 Å². The van der Waals surface area contributed by atoms with Gasteiger partial charge in [-0.15, -0.1) is 0 Å². The van der Waals surface area contributed by atoms with E-state index in [0.29, 0.717) is 6.29 Å². The smallest absolute Gasteiger partial charge is 0.261 e. The van der Waals surface area contributed by atoms with E-state index in [2.05, 4.69) is 5.32 Å². The summed E-state index contributed by atoms with van der Waals surface area (Å²) in [5, 5.41) is 2.80. The minimum Gasteiger partial charge on any atom is -0.475 e. The first kappa shape index (κ1) is 15.4. The van der Waals surface area contributed by atoms with Crippen molar-refractivity contribution >= 4 is 12.2 Å². The van der Waals surface area contributed by atoms with Crippen molar-refractivity contribution in [3.63, 3.8) is 0 Å². The van der Waals surface area contributed by atoms with Gasteiger partial charge >= 0.3 is 0 Å². The number of carbonyl (C=O) groups excluding carboxylic acids is 2. The van der Waals surface area contributed by atoms with Gasteiger partial charge in [-0.25, -0.2) is 8.78 Å². The minimum atomic E-state index is -1.02. The molecule has 0 bridgehead atoms. The van der Waals surface area contributed by atoms with Crippen LogP contribution in [0.4, 0.5) is 8.78 Å². The van der Waals surface area contributed by atoms with Crippen molar-refractivity contribution in [1.29, 1.82) is 0 Å². The Kier molecular flexibility index (Phi) is 4.88. The van der Waals surface area contributed by atoms with Crippen molar-refractivity contribution in [3.05, 3.63) is 29.3 Å². The zero-order valence-corrected chi connectivity index (χ0v) is 11.7. The maximum atomic E-state index is 13.7. The maximum absolute atomic E-state index is 13.7. The van der Waals surface area contributed by atoms with Gasteiger partial charge in [-0.1, -0.05) is 12.8 Å². The molecule has 114 valence electrons. The summed E-state index contributed by atoms with van der Waals surface area (Å²) >= 11 is 0. The molecule has 1 aliphatic rings. The summed E-state index contributed by atoms with van der Waals surface area (Å²) in [6.07, 6.45) is 3.28. The first-order valence-corrected chi connectivity index (χ1v) is 6.92. The molecular weight excluding hydrogens is 280 g/mol. The van der Waals surface area contributed by atoms with Crippen molar-refractivity contribution in [2.24, 2.45) is 0 Å². The predicted molar refractivity (Wildman–Crippen MR) is 72.2 cm³/mol. The lowest BCUT2D eigenvalue weighted by Crippen LogP contribution is -2.41. The molecule has 21 heavy (non-hydrogen) atoms. The largest absolute Gasteiger partial charge is 0.475 e. The number of aldehydes is 1. The molecule has 1 N–H and O–H groups in total. The number of ether oxygens (including phenoxy) is 1. The van der Waals surface area contributed by atoms with Crippen molar-refractivity contribution < 1.29 is 23.1 Å². The average molecular weight is 297 g/mol. The second-order valence-corrected chi connectivity index (χ2v) is 5.18. The third-order valence-electron chi connectivity index (χ3n) is 3.52. The van der Waals surface area contributed by atoms with Crippen LogP contribution in [0.3, 0.4) is 0 Å². The van der Waals surface area contributed by atoms with Gasteiger partial charge in [0.15, 0.2) is 23.5 Å². The summed E-state index contributed by atoms with van der Waals surface area (Å²) < 4.78 is 32.4. The van der Waals surface area contributed by atoms with Crippen LogP contribution in [-0.2, 0) is 4.79 Å². The van der Waals surface area contributed by atoms with E-state index in [9.17, 15) is 18.4 Å². The van der Waals surface area contributed by atoms with Crippen LogP contribution < -0.4 is 10.1 Å². The van der Waals surface area contributed by atoms with E-state index in [4.69, 9.17) is 4.74 Å². The quantitative estimate of drug-likeness (QED) is 0.850. The molecule has 1 amide bonds. The molecule has 1 aliphatic carbocycles. The highest BCUT2D eigenvalue weighted by molar-refractivity contribution is 5.81. The number of rotatable bonds is 5. The predicted octanol–water partition coefficient (Wildman–Crippen LogP) is 2.60. The standard InChI is InChI=1S/C15H17F2NO3/c1-9(15(20)18-11-4-2-3-5-11)21-14-12(16)6-10(8-19)7-13(14)17/h6-9,11H,2-5H2,1H3,(H,18,20). The molecule has 2 rings (SSSR count). The number of halogens is 2. The third-order valence-corrected chi connectivity index (χ3v) is 3.52. The van der Waals surface area contributed by atoms with E-state index in [1.54, 1.807) is 0 Å². The van der Waals surface area contributed by atoms with Gasteiger partial charge < -0.3 is 10.1 Å². The Bertz CT molecular complexity index is 519. The highest BCUT2D eigenvalue weighted by Gasteiger charge is 2.24. The molecule has 4 nitrogen and oxygen atoms in total. The minimum absolute atomic E-state index is 0.107. The van der Waals surface area contributed by atoms with E-state index < -0.39 is 29.4 Å². The highest BCUT2D eigenvalue weighted by Crippen LogP contribution is 2.24. The SMILES string of the molecule is CC(Oc1c(F)cc(C=O)cc1F)C(=O)NC1CCCC1. The van der Waals surface area contributed by atoms with Crippen LogP contribution in [0.1, 0.15) is 43.0 Å². The molecule has 0 radical (unpaired) electrons. The van der Waals surface area contributed by atoms with Gasteiger partial charge in [0, 0.05) is 11.6 Å². The Morgan fingerprint density at radius 3 is 2.43 bits per heavy atom. The lowest BCUT2D eigenvalue weighted by molar-refractivity contribution is -0.128. The molecule has 1 saturated carbocycles. The third kappa shape index (κ3) is 3.77. The van der Waals surface area contributed by atoms with E-state index in [-0.39, 0.29) is 11.6 Å². The van der Waals surface area contributed by atoms with E-state index in [0.717, 1.165) is 37.8 Å². The van der Waals surface area contributed by atoms with Crippen molar-refractivity contribution in [1.82, 2.24) is 5.32 Å². The molecular formula is C15H17F2NO3. The fourth-order valence-corrected chi connectivity index (χ4v) is 2.38. The zero-order chi connectivity index (χ0) is 15.4. The second-order valence-electron chi connectivity index (χ2n) is 5.18. The van der Waals surface area contributed by atoms with Crippen LogP contribution in [0.15, 0.2) is 12.1 Å². The molecule has 0 aliphatic heterocycles. The van der Waals surface area contributed by atoms with E-state index in [1.807, 2.05) is 0 Å². The van der Waals surface area contributed by atoms with Gasteiger partial charge in [0.05, 0.1) is 0 Å². The summed E-state index contributed by atoms with van der Waals surface area (Å²) in [6.45, 7) is 1.43. The van der Waals surface area contributed by atoms with E-state index in [1.165, 1.54) is 6.92 Å². The molecule has 1 unspecified atom stereocenters. The molecule has 1 aromatic rings. The molecule has 0 heterocycles. The van der Waals surface area contributed by atoms with E-state index >= 15 is 0 Å². The lowest BCUT2D eigenvalue weighted by Gasteiger charge is -2.18. The summed E-state index contributed by atoms with van der Waals surface area (Å²) in [4.78, 5) is 22.4. The van der Waals surface area contributed by atoms with Crippen molar-refractivity contribution in [2.75, 3.05) is 0 Å². The lowest BCUT2D eigenvalue weighted by atomic mass is 10.2. The highest BCUT2D eigenvalue weighted by atomic mass is 19.1. The zero-order valence-electron chi connectivity index (χ0n) is 11.7. The van der Waals surface area contributed by atoms with Gasteiger partial charge in [-0.2, -0.15) is 0 Å². The number of amides is 1. The Morgan fingerprint density at radius 2 is 1.90 bits per heavy atom. The first-order valence-electron chi connectivity index (χ1n) is 6.92. The number of hydrogen-bond acceptors (Lipinski definition) is 3. The Labute approximate surface area is 121 Å². The van der Waals surface area contributed by atoms with Crippen LogP contribution in [0, 0.1) is 11.6 Å². The molecule has 1 fully saturated rings. The summed E-state index contributed by atoms with van der Waals surface area (Å²) in [5.74, 6) is -3.05. The van der Waals surface area contributed by atoms with Crippen LogP contribution >= 0.6 is 0 Å². The average Bonchev–Trinajstić information content (AvgIpc) is 2.95. The number of benzene rings is 1. The molecule has 0 saturated heterocycles. The topological polar surface area (TPSA) is 55.4 Å². The molecule has 0 aromatic heterocycles.